The van der Waals surface area contributed by atoms with Gasteiger partial charge in [-0.05, 0) is 58.7 Å². The molecule has 1 aliphatic carbocycles. The maximum atomic E-state index is 12.7. The largest absolute Gasteiger partial charge is 0.389 e. The van der Waals surface area contributed by atoms with E-state index in [2.05, 4.69) is 10.00 Å². The van der Waals surface area contributed by atoms with Crippen molar-refractivity contribution in [1.29, 1.82) is 0 Å². The van der Waals surface area contributed by atoms with Crippen molar-refractivity contribution in [1.82, 2.24) is 19.6 Å². The van der Waals surface area contributed by atoms with Crippen LogP contribution in [0.4, 0.5) is 0 Å². The van der Waals surface area contributed by atoms with Gasteiger partial charge < -0.3 is 10.0 Å². The van der Waals surface area contributed by atoms with Crippen LogP contribution in [0.3, 0.4) is 0 Å². The average Bonchev–Trinajstić information content (AvgIpc) is 3.25. The summed E-state index contributed by atoms with van der Waals surface area (Å²) in [6, 6.07) is 1.93. The van der Waals surface area contributed by atoms with Crippen LogP contribution in [0, 0.1) is 6.92 Å². The number of likely N-dealkylation sites (N-methyl/N-ethyl adjacent to an activating group) is 1. The summed E-state index contributed by atoms with van der Waals surface area (Å²) in [5.74, 6) is -0.0913. The lowest BCUT2D eigenvalue weighted by molar-refractivity contribution is 0.0293. The fraction of sp³-hybridized carbons (Fsp3) is 0.765. The lowest BCUT2D eigenvalue weighted by Crippen LogP contribution is -2.48. The lowest BCUT2D eigenvalue weighted by atomic mass is 10.1. The van der Waals surface area contributed by atoms with E-state index >= 15 is 0 Å². The maximum Gasteiger partial charge on any atom is 0.274 e. The first-order valence-electron chi connectivity index (χ1n) is 8.76. The highest BCUT2D eigenvalue weighted by atomic mass is 16.3. The highest BCUT2D eigenvalue weighted by Gasteiger charge is 2.42. The molecule has 6 nitrogen and oxygen atoms in total. The average molecular weight is 320 g/mol. The number of aliphatic hydroxyl groups excluding tert-OH is 1. The molecule has 1 saturated heterocycles. The molecule has 128 valence electrons. The Hall–Kier alpha value is -1.40. The molecule has 0 bridgehead atoms. The summed E-state index contributed by atoms with van der Waals surface area (Å²) in [5.41, 5.74) is 1.47. The summed E-state index contributed by atoms with van der Waals surface area (Å²) in [5, 5.41) is 15.1. The summed E-state index contributed by atoms with van der Waals surface area (Å²) in [4.78, 5) is 16.8. The van der Waals surface area contributed by atoms with Crippen LogP contribution < -0.4 is 0 Å². The molecule has 0 aromatic carbocycles. The normalized spacial score (nSPS) is 28.4. The Morgan fingerprint density at radius 2 is 2.09 bits per heavy atom. The second kappa shape index (κ2) is 6.61. The van der Waals surface area contributed by atoms with Crippen molar-refractivity contribution in [2.24, 2.45) is 0 Å². The molecule has 3 rings (SSSR count). The number of aryl methyl sites for hydroxylation is 2. The number of hydrogen-bond acceptors (Lipinski definition) is 4. The van der Waals surface area contributed by atoms with Crippen LogP contribution in [0.2, 0.25) is 0 Å². The molecule has 0 spiro atoms. The Kier molecular flexibility index (Phi) is 4.73. The highest BCUT2D eigenvalue weighted by Crippen LogP contribution is 2.30. The molecule has 2 aliphatic rings. The second-order valence-electron chi connectivity index (χ2n) is 6.85. The minimum absolute atomic E-state index is 0.0913. The molecule has 1 N–H and O–H groups in total. The lowest BCUT2D eigenvalue weighted by Gasteiger charge is -2.31. The Balaban J connectivity index is 1.69. The van der Waals surface area contributed by atoms with Gasteiger partial charge >= 0.3 is 0 Å². The fourth-order valence-electron chi connectivity index (χ4n) is 4.10. The summed E-state index contributed by atoms with van der Waals surface area (Å²) in [6.07, 6.45) is 3.80. The first kappa shape index (κ1) is 16.5. The molecule has 1 saturated carbocycles. The second-order valence-corrected chi connectivity index (χ2v) is 6.85. The zero-order valence-electron chi connectivity index (χ0n) is 14.4. The van der Waals surface area contributed by atoms with Crippen LogP contribution in [-0.2, 0) is 6.54 Å². The zero-order valence-corrected chi connectivity index (χ0v) is 14.4. The van der Waals surface area contributed by atoms with Crippen LogP contribution >= 0.6 is 0 Å². The Morgan fingerprint density at radius 3 is 2.70 bits per heavy atom. The third kappa shape index (κ3) is 3.02. The van der Waals surface area contributed by atoms with E-state index in [0.717, 1.165) is 38.2 Å². The van der Waals surface area contributed by atoms with Crippen molar-refractivity contribution in [3.63, 3.8) is 0 Å². The van der Waals surface area contributed by atoms with E-state index in [1.807, 2.05) is 24.6 Å². The molecular weight excluding hydrogens is 292 g/mol. The van der Waals surface area contributed by atoms with Gasteiger partial charge in [-0.1, -0.05) is 0 Å². The topological polar surface area (TPSA) is 61.6 Å². The van der Waals surface area contributed by atoms with Crippen LogP contribution in [0.15, 0.2) is 6.07 Å². The number of rotatable bonds is 4. The monoisotopic (exact) mass is 320 g/mol. The minimum atomic E-state index is -0.462. The number of carbonyl (C=O) groups excluding carboxylic acids is 1. The predicted octanol–water partition coefficient (Wildman–Crippen LogP) is 1.27. The van der Waals surface area contributed by atoms with Crippen LogP contribution in [0.5, 0.6) is 0 Å². The first-order valence-corrected chi connectivity index (χ1v) is 8.76. The van der Waals surface area contributed by atoms with Crippen molar-refractivity contribution >= 4 is 5.91 Å². The van der Waals surface area contributed by atoms with E-state index in [4.69, 9.17) is 0 Å². The third-order valence-electron chi connectivity index (χ3n) is 5.47. The van der Waals surface area contributed by atoms with E-state index < -0.39 is 6.10 Å². The summed E-state index contributed by atoms with van der Waals surface area (Å²) in [6.45, 7) is 6.88. The van der Waals surface area contributed by atoms with Gasteiger partial charge in [-0.25, -0.2) is 0 Å². The van der Waals surface area contributed by atoms with Gasteiger partial charge in [0.15, 0.2) is 5.69 Å². The maximum absolute atomic E-state index is 12.7. The fourth-order valence-corrected chi connectivity index (χ4v) is 4.10. The van der Waals surface area contributed by atoms with E-state index in [-0.39, 0.29) is 18.0 Å². The minimum Gasteiger partial charge on any atom is -0.389 e. The molecule has 1 aromatic heterocycles. The van der Waals surface area contributed by atoms with Crippen molar-refractivity contribution in [3.05, 3.63) is 17.5 Å². The van der Waals surface area contributed by atoms with Gasteiger partial charge in [0.05, 0.1) is 12.1 Å². The van der Waals surface area contributed by atoms with Crippen LogP contribution in [-0.4, -0.2) is 68.9 Å². The number of aromatic nitrogens is 2. The van der Waals surface area contributed by atoms with Crippen LogP contribution in [0.25, 0.3) is 0 Å². The molecule has 3 atom stereocenters. The predicted molar refractivity (Wildman–Crippen MR) is 88.4 cm³/mol. The number of nitrogens with zero attached hydrogens (tertiary/aromatic N) is 4. The summed E-state index contributed by atoms with van der Waals surface area (Å²) < 4.78 is 1.83. The van der Waals surface area contributed by atoms with Crippen molar-refractivity contribution in [3.8, 4) is 0 Å². The molecule has 1 amide bonds. The van der Waals surface area contributed by atoms with Gasteiger partial charge in [-0.15, -0.1) is 0 Å². The van der Waals surface area contributed by atoms with E-state index in [9.17, 15) is 9.90 Å². The quantitative estimate of drug-likeness (QED) is 0.907. The molecule has 1 aliphatic heterocycles. The SMILES string of the molecule is CCn1nc(C(=O)N(C)[C@@H]2CC[C@@H](N3CCCC3)[C@@H]2O)cc1C. The molecule has 2 heterocycles. The molecule has 0 radical (unpaired) electrons. The molecule has 1 aromatic rings. The number of carbonyl (C=O) groups is 1. The molecule has 0 unspecified atom stereocenters. The van der Waals surface area contributed by atoms with Crippen molar-refractivity contribution in [2.75, 3.05) is 20.1 Å². The molecular formula is C17H28N4O2. The van der Waals surface area contributed by atoms with E-state index in [1.54, 1.807) is 11.9 Å². The van der Waals surface area contributed by atoms with E-state index in [1.165, 1.54) is 12.8 Å². The van der Waals surface area contributed by atoms with Gasteiger partial charge in [-0.3, -0.25) is 14.4 Å². The Labute approximate surface area is 138 Å². The standard InChI is InChI=1S/C17H28N4O2/c1-4-21-12(2)11-13(18-21)17(23)19(3)14-7-8-15(16(14)22)20-9-5-6-10-20/h11,14-16,22H,4-10H2,1-3H3/t14-,15-,16-/m1/s1. The van der Waals surface area contributed by atoms with E-state index in [0.29, 0.717) is 5.69 Å². The molecule has 23 heavy (non-hydrogen) atoms. The smallest absolute Gasteiger partial charge is 0.274 e. The Morgan fingerprint density at radius 1 is 1.39 bits per heavy atom. The van der Waals surface area contributed by atoms with Crippen molar-refractivity contribution < 1.29 is 9.90 Å². The third-order valence-corrected chi connectivity index (χ3v) is 5.47. The number of aliphatic hydroxyl groups is 1. The first-order chi connectivity index (χ1) is 11.0. The van der Waals surface area contributed by atoms with Crippen molar-refractivity contribution in [2.45, 2.75) is 64.3 Å². The van der Waals surface area contributed by atoms with Gasteiger partial charge in [0, 0.05) is 25.3 Å². The van der Waals surface area contributed by atoms with Gasteiger partial charge in [-0.2, -0.15) is 5.10 Å². The van der Waals surface area contributed by atoms with Gasteiger partial charge in [0.1, 0.15) is 0 Å². The summed E-state index contributed by atoms with van der Waals surface area (Å²) >= 11 is 0. The number of likely N-dealkylation sites (tertiary alicyclic amines) is 1. The molecule has 6 heteroatoms. The zero-order chi connectivity index (χ0) is 16.6. The van der Waals surface area contributed by atoms with Gasteiger partial charge in [0.25, 0.3) is 5.91 Å². The van der Waals surface area contributed by atoms with Crippen LogP contribution in [0.1, 0.15) is 48.8 Å². The Bertz CT molecular complexity index is 565. The number of hydrogen-bond donors (Lipinski definition) is 1. The summed E-state index contributed by atoms with van der Waals surface area (Å²) in [7, 11) is 1.79. The highest BCUT2D eigenvalue weighted by molar-refractivity contribution is 5.92. The molecule has 2 fully saturated rings. The number of amides is 1. The van der Waals surface area contributed by atoms with Gasteiger partial charge in [0.2, 0.25) is 0 Å².